The number of aliphatic hydroxyl groups excluding tert-OH is 1. The zero-order valence-corrected chi connectivity index (χ0v) is 22.8. The lowest BCUT2D eigenvalue weighted by molar-refractivity contribution is -0.137. The zero-order chi connectivity index (χ0) is 27.9. The van der Waals surface area contributed by atoms with Crippen LogP contribution in [0.5, 0.6) is 0 Å². The minimum absolute atomic E-state index is 0.326. The fraction of sp³-hybridized carbons (Fsp3) is 0.448. The predicted molar refractivity (Wildman–Crippen MR) is 147 cm³/mol. The Kier molecular flexibility index (Phi) is 7.43. The molecule has 0 amide bonds. The summed E-state index contributed by atoms with van der Waals surface area (Å²) in [6.45, 7) is 6.46. The second kappa shape index (κ2) is 10.7. The largest absolute Gasteiger partial charge is 0.416 e. The smallest absolute Gasteiger partial charge is 0.390 e. The topological polar surface area (TPSA) is 73.2 Å². The van der Waals surface area contributed by atoms with Crippen molar-refractivity contribution in [2.24, 2.45) is 0 Å². The molecule has 1 fully saturated rings. The second-order valence-corrected chi connectivity index (χ2v) is 10.7. The number of likely N-dealkylation sites (tertiary alicyclic amines) is 1. The SMILES string of the molecule is Cc1c(-c2ccc(C(F)(F)F)cc2)nn(CC(O)CN2CCC(c3c[nH]c4ccc(N(C)C)nc34)CC2)c1C. The fourth-order valence-corrected chi connectivity index (χ4v) is 5.46. The number of nitrogens with zero attached hydrogens (tertiary/aromatic N) is 5. The van der Waals surface area contributed by atoms with Crippen LogP contribution < -0.4 is 4.90 Å². The predicted octanol–water partition coefficient (Wildman–Crippen LogP) is 5.37. The lowest BCUT2D eigenvalue weighted by Crippen LogP contribution is -2.40. The maximum absolute atomic E-state index is 12.9. The van der Waals surface area contributed by atoms with Crippen molar-refractivity contribution in [2.75, 3.05) is 38.6 Å². The molecule has 1 saturated heterocycles. The highest BCUT2D eigenvalue weighted by molar-refractivity contribution is 5.81. The molecule has 39 heavy (non-hydrogen) atoms. The summed E-state index contributed by atoms with van der Waals surface area (Å²) >= 11 is 0. The lowest BCUT2D eigenvalue weighted by atomic mass is 9.90. The van der Waals surface area contributed by atoms with Gasteiger partial charge in [0.25, 0.3) is 0 Å². The summed E-state index contributed by atoms with van der Waals surface area (Å²) in [7, 11) is 3.98. The van der Waals surface area contributed by atoms with Crippen LogP contribution in [0.2, 0.25) is 0 Å². The van der Waals surface area contributed by atoms with Gasteiger partial charge in [-0.15, -0.1) is 0 Å². The second-order valence-electron chi connectivity index (χ2n) is 10.7. The number of aliphatic hydroxyl groups is 1. The number of hydrogen-bond acceptors (Lipinski definition) is 5. The van der Waals surface area contributed by atoms with E-state index in [1.807, 2.05) is 38.9 Å². The molecule has 1 unspecified atom stereocenters. The van der Waals surface area contributed by atoms with Crippen molar-refractivity contribution < 1.29 is 18.3 Å². The molecule has 0 aliphatic carbocycles. The molecule has 1 aromatic carbocycles. The van der Waals surface area contributed by atoms with Gasteiger partial charge in [0.15, 0.2) is 0 Å². The molecule has 3 aromatic heterocycles. The molecule has 0 bridgehead atoms. The molecule has 1 atom stereocenters. The van der Waals surface area contributed by atoms with Crippen molar-refractivity contribution >= 4 is 16.9 Å². The maximum atomic E-state index is 12.9. The molecular weight excluding hydrogens is 505 g/mol. The molecule has 0 spiro atoms. The molecule has 1 aliphatic heterocycles. The van der Waals surface area contributed by atoms with Gasteiger partial charge in [-0.3, -0.25) is 4.68 Å². The van der Waals surface area contributed by atoms with Gasteiger partial charge in [0, 0.05) is 38.1 Å². The first kappa shape index (κ1) is 27.2. The normalized spacial score (nSPS) is 16.2. The summed E-state index contributed by atoms with van der Waals surface area (Å²) < 4.78 is 40.6. The van der Waals surface area contributed by atoms with E-state index in [0.717, 1.165) is 66.2 Å². The summed E-state index contributed by atoms with van der Waals surface area (Å²) in [5.74, 6) is 1.36. The Bertz CT molecular complexity index is 1430. The highest BCUT2D eigenvalue weighted by Gasteiger charge is 2.30. The first-order valence-corrected chi connectivity index (χ1v) is 13.3. The van der Waals surface area contributed by atoms with E-state index in [-0.39, 0.29) is 0 Å². The molecule has 1 aliphatic rings. The van der Waals surface area contributed by atoms with E-state index in [9.17, 15) is 18.3 Å². The van der Waals surface area contributed by atoms with Crippen molar-refractivity contribution in [1.82, 2.24) is 24.6 Å². The first-order valence-electron chi connectivity index (χ1n) is 13.3. The third-order valence-electron chi connectivity index (χ3n) is 7.87. The average Bonchev–Trinajstić information content (AvgIpc) is 3.45. The van der Waals surface area contributed by atoms with Crippen LogP contribution in [0.25, 0.3) is 22.3 Å². The van der Waals surface area contributed by atoms with Crippen molar-refractivity contribution in [3.63, 3.8) is 0 Å². The Hall–Kier alpha value is -3.37. The molecule has 7 nitrogen and oxygen atoms in total. The van der Waals surface area contributed by atoms with Crippen LogP contribution in [0, 0.1) is 13.8 Å². The summed E-state index contributed by atoms with van der Waals surface area (Å²) in [6.07, 6.45) is -0.915. The molecule has 4 aromatic rings. The molecule has 5 rings (SSSR count). The number of hydrogen-bond donors (Lipinski definition) is 2. The first-order chi connectivity index (χ1) is 18.5. The van der Waals surface area contributed by atoms with E-state index in [1.165, 1.54) is 17.7 Å². The van der Waals surface area contributed by atoms with E-state index in [2.05, 4.69) is 27.2 Å². The number of nitrogens with one attached hydrogen (secondary N) is 1. The quantitative estimate of drug-likeness (QED) is 0.330. The van der Waals surface area contributed by atoms with Gasteiger partial charge in [-0.05, 0) is 81.1 Å². The van der Waals surface area contributed by atoms with Crippen LogP contribution >= 0.6 is 0 Å². The molecular formula is C29H35F3N6O. The standard InChI is InChI=1S/C29H35F3N6O/c1-18-19(2)38(35-27(18)21-5-7-22(8-6-21)29(30,31)32)17-23(39)16-37-13-11-20(12-14-37)24-15-33-25-9-10-26(36(3)4)34-28(24)25/h5-10,15,20,23,33,39H,11-14,16-17H2,1-4H3. The Balaban J connectivity index is 1.20. The van der Waals surface area contributed by atoms with Gasteiger partial charge < -0.3 is 19.9 Å². The lowest BCUT2D eigenvalue weighted by Gasteiger charge is -2.33. The van der Waals surface area contributed by atoms with Crippen molar-refractivity contribution in [1.29, 1.82) is 0 Å². The molecule has 2 N–H and O–H groups in total. The molecule has 0 saturated carbocycles. The van der Waals surface area contributed by atoms with Gasteiger partial charge in [-0.25, -0.2) is 4.98 Å². The van der Waals surface area contributed by atoms with Crippen LogP contribution in [0.4, 0.5) is 19.0 Å². The molecule has 0 radical (unpaired) electrons. The van der Waals surface area contributed by atoms with Crippen molar-refractivity contribution in [3.8, 4) is 11.3 Å². The van der Waals surface area contributed by atoms with Gasteiger partial charge >= 0.3 is 6.18 Å². The average molecular weight is 541 g/mol. The monoisotopic (exact) mass is 540 g/mol. The summed E-state index contributed by atoms with van der Waals surface area (Å²) in [6, 6.07) is 9.15. The van der Waals surface area contributed by atoms with E-state index < -0.39 is 17.8 Å². The summed E-state index contributed by atoms with van der Waals surface area (Å²) in [5.41, 5.74) is 5.72. The minimum atomic E-state index is -4.37. The van der Waals surface area contributed by atoms with E-state index in [0.29, 0.717) is 30.3 Å². The molecule has 4 heterocycles. The number of halogens is 3. The van der Waals surface area contributed by atoms with Gasteiger partial charge in [0.2, 0.25) is 0 Å². The third-order valence-corrected chi connectivity index (χ3v) is 7.87. The number of rotatable bonds is 7. The van der Waals surface area contributed by atoms with E-state index in [1.54, 1.807) is 4.68 Å². The number of aromatic nitrogens is 4. The number of pyridine rings is 1. The molecule has 208 valence electrons. The van der Waals surface area contributed by atoms with Crippen LogP contribution in [0.15, 0.2) is 42.6 Å². The van der Waals surface area contributed by atoms with Gasteiger partial charge in [-0.2, -0.15) is 18.3 Å². The van der Waals surface area contributed by atoms with Gasteiger partial charge in [0.1, 0.15) is 5.82 Å². The maximum Gasteiger partial charge on any atom is 0.416 e. The minimum Gasteiger partial charge on any atom is -0.390 e. The molecule has 10 heteroatoms. The fourth-order valence-electron chi connectivity index (χ4n) is 5.46. The van der Waals surface area contributed by atoms with Gasteiger partial charge in [-0.1, -0.05) is 12.1 Å². The van der Waals surface area contributed by atoms with Crippen molar-refractivity contribution in [3.05, 3.63) is 65.0 Å². The zero-order valence-electron chi connectivity index (χ0n) is 22.8. The Morgan fingerprint density at radius 1 is 1.05 bits per heavy atom. The summed E-state index contributed by atoms with van der Waals surface area (Å²) in [5, 5.41) is 15.5. The van der Waals surface area contributed by atoms with E-state index in [4.69, 9.17) is 4.98 Å². The van der Waals surface area contributed by atoms with Crippen LogP contribution in [0.1, 0.15) is 41.1 Å². The van der Waals surface area contributed by atoms with Crippen LogP contribution in [-0.4, -0.2) is 69.6 Å². The Labute approximate surface area is 226 Å². The number of H-pyrrole nitrogens is 1. The van der Waals surface area contributed by atoms with Crippen molar-refractivity contribution in [2.45, 2.75) is 51.4 Å². The van der Waals surface area contributed by atoms with E-state index >= 15 is 0 Å². The van der Waals surface area contributed by atoms with Crippen LogP contribution in [0.3, 0.4) is 0 Å². The highest BCUT2D eigenvalue weighted by Crippen LogP contribution is 2.34. The van der Waals surface area contributed by atoms with Crippen LogP contribution in [-0.2, 0) is 12.7 Å². The highest BCUT2D eigenvalue weighted by atomic mass is 19.4. The number of anilines is 1. The third kappa shape index (κ3) is 5.67. The number of alkyl halides is 3. The number of fused-ring (bicyclic) bond motifs is 1. The number of piperidine rings is 1. The summed E-state index contributed by atoms with van der Waals surface area (Å²) in [4.78, 5) is 12.5. The number of β-amino-alcohol motifs (C(OH)–C–C–N with tert-alkyl or cyclic N) is 1. The van der Waals surface area contributed by atoms with Gasteiger partial charge in [0.05, 0.1) is 34.9 Å². The Morgan fingerprint density at radius 3 is 2.38 bits per heavy atom. The number of benzene rings is 1. The number of aromatic amines is 1. The Morgan fingerprint density at radius 2 is 1.74 bits per heavy atom.